The third-order valence-electron chi connectivity index (χ3n) is 9.87. The lowest BCUT2D eigenvalue weighted by molar-refractivity contribution is 0.663. The molecule has 1 atom stereocenters. The normalized spacial score (nSPS) is 14.3. The highest BCUT2D eigenvalue weighted by Gasteiger charge is 2.27. The van der Waals surface area contributed by atoms with Gasteiger partial charge in [-0.05, 0) is 69.6 Å². The standard InChI is InChI=1S/C47H32N4O/c1-3-15-33(16-4-1)45-48-46(34-17-5-2-6-18-34)50-47(49-45)40-27-28-41(43-39-21-11-12-22-42(39)52-44(40)43)51(37-25-23-31-13-7-9-19-35(31)29-37)38-26-24-32-14-8-10-20-36(32)30-38/h1-30,45H,(H,48,49,50). The van der Waals surface area contributed by atoms with Crippen molar-refractivity contribution in [1.82, 2.24) is 5.32 Å². The van der Waals surface area contributed by atoms with Gasteiger partial charge < -0.3 is 14.6 Å². The molecule has 0 spiro atoms. The molecule has 0 bridgehead atoms. The van der Waals surface area contributed by atoms with Gasteiger partial charge in [0.25, 0.3) is 0 Å². The highest BCUT2D eigenvalue weighted by Crippen LogP contribution is 2.45. The van der Waals surface area contributed by atoms with Crippen molar-refractivity contribution in [3.63, 3.8) is 0 Å². The summed E-state index contributed by atoms with van der Waals surface area (Å²) in [4.78, 5) is 12.7. The van der Waals surface area contributed by atoms with Gasteiger partial charge >= 0.3 is 0 Å². The van der Waals surface area contributed by atoms with Crippen LogP contribution < -0.4 is 10.2 Å². The number of rotatable bonds is 6. The number of aliphatic imine (C=N–C) groups is 2. The molecule has 2 heterocycles. The molecule has 246 valence electrons. The predicted octanol–water partition coefficient (Wildman–Crippen LogP) is 11.9. The maximum Gasteiger partial charge on any atom is 0.163 e. The van der Waals surface area contributed by atoms with Gasteiger partial charge in [0.15, 0.2) is 5.84 Å². The molecule has 0 saturated heterocycles. The number of furan rings is 1. The van der Waals surface area contributed by atoms with Crippen molar-refractivity contribution in [1.29, 1.82) is 0 Å². The molecule has 1 aromatic heterocycles. The largest absolute Gasteiger partial charge is 0.455 e. The topological polar surface area (TPSA) is 53.1 Å². The van der Waals surface area contributed by atoms with Gasteiger partial charge in [0.05, 0.1) is 16.6 Å². The lowest BCUT2D eigenvalue weighted by atomic mass is 10.0. The maximum absolute atomic E-state index is 6.82. The Morgan fingerprint density at radius 2 is 1.13 bits per heavy atom. The van der Waals surface area contributed by atoms with Gasteiger partial charge in [-0.3, -0.25) is 0 Å². The molecule has 10 rings (SSSR count). The molecule has 1 aliphatic rings. The smallest absolute Gasteiger partial charge is 0.163 e. The van der Waals surface area contributed by atoms with Crippen molar-refractivity contribution in [2.75, 3.05) is 4.90 Å². The quantitative estimate of drug-likeness (QED) is 0.192. The third kappa shape index (κ3) is 5.19. The molecule has 9 aromatic rings. The van der Waals surface area contributed by atoms with Crippen LogP contribution in [0.15, 0.2) is 196 Å². The number of amidine groups is 2. The summed E-state index contributed by atoms with van der Waals surface area (Å²) in [6.45, 7) is 0. The van der Waals surface area contributed by atoms with E-state index in [0.29, 0.717) is 5.84 Å². The van der Waals surface area contributed by atoms with E-state index in [4.69, 9.17) is 14.4 Å². The molecular formula is C47H32N4O. The van der Waals surface area contributed by atoms with Crippen molar-refractivity contribution < 1.29 is 4.42 Å². The lowest BCUT2D eigenvalue weighted by Crippen LogP contribution is -2.33. The van der Waals surface area contributed by atoms with E-state index >= 15 is 0 Å². The van der Waals surface area contributed by atoms with Gasteiger partial charge in [0, 0.05) is 22.3 Å². The fraction of sp³-hybridized carbons (Fsp3) is 0.0213. The van der Waals surface area contributed by atoms with Crippen molar-refractivity contribution in [2.45, 2.75) is 6.17 Å². The number of fused-ring (bicyclic) bond motifs is 5. The summed E-state index contributed by atoms with van der Waals surface area (Å²) in [5, 5.41) is 10.4. The highest BCUT2D eigenvalue weighted by atomic mass is 16.3. The maximum atomic E-state index is 6.82. The van der Waals surface area contributed by atoms with Crippen molar-refractivity contribution in [2.24, 2.45) is 9.98 Å². The van der Waals surface area contributed by atoms with E-state index in [0.717, 1.165) is 61.5 Å². The molecule has 0 radical (unpaired) electrons. The van der Waals surface area contributed by atoms with Crippen LogP contribution in [0.4, 0.5) is 17.1 Å². The van der Waals surface area contributed by atoms with Crippen molar-refractivity contribution >= 4 is 72.2 Å². The Morgan fingerprint density at radius 3 is 1.83 bits per heavy atom. The Labute approximate surface area is 300 Å². The van der Waals surface area contributed by atoms with Gasteiger partial charge in [-0.2, -0.15) is 0 Å². The second-order valence-corrected chi connectivity index (χ2v) is 13.1. The van der Waals surface area contributed by atoms with Gasteiger partial charge in [-0.15, -0.1) is 0 Å². The van der Waals surface area contributed by atoms with Crippen LogP contribution in [0.5, 0.6) is 0 Å². The zero-order chi connectivity index (χ0) is 34.4. The molecule has 0 saturated carbocycles. The first-order valence-corrected chi connectivity index (χ1v) is 17.5. The summed E-state index contributed by atoms with van der Waals surface area (Å²) < 4.78 is 6.82. The number of benzene rings is 8. The molecule has 1 aliphatic heterocycles. The van der Waals surface area contributed by atoms with E-state index in [9.17, 15) is 0 Å². The molecular weight excluding hydrogens is 637 g/mol. The minimum atomic E-state index is -0.324. The van der Waals surface area contributed by atoms with Crippen LogP contribution >= 0.6 is 0 Å². The van der Waals surface area contributed by atoms with Crippen LogP contribution in [0.3, 0.4) is 0 Å². The van der Waals surface area contributed by atoms with Gasteiger partial charge in [-0.1, -0.05) is 140 Å². The van der Waals surface area contributed by atoms with Gasteiger partial charge in [0.1, 0.15) is 23.2 Å². The summed E-state index contributed by atoms with van der Waals surface area (Å²) in [6, 6.07) is 63.5. The van der Waals surface area contributed by atoms with Crippen molar-refractivity contribution in [3.8, 4) is 0 Å². The summed E-state index contributed by atoms with van der Waals surface area (Å²) in [5.74, 6) is 1.38. The van der Waals surface area contributed by atoms with Crippen LogP contribution in [0.2, 0.25) is 0 Å². The number of para-hydroxylation sites is 1. The first-order valence-electron chi connectivity index (χ1n) is 17.5. The summed E-state index contributed by atoms with van der Waals surface area (Å²) in [5.41, 5.74) is 7.56. The Kier molecular flexibility index (Phi) is 7.14. The lowest BCUT2D eigenvalue weighted by Gasteiger charge is -2.28. The van der Waals surface area contributed by atoms with Crippen LogP contribution in [-0.2, 0) is 0 Å². The van der Waals surface area contributed by atoms with E-state index in [1.807, 2.05) is 48.5 Å². The molecule has 0 amide bonds. The number of hydrogen-bond acceptors (Lipinski definition) is 5. The summed E-state index contributed by atoms with van der Waals surface area (Å²) in [7, 11) is 0. The first-order chi connectivity index (χ1) is 25.8. The number of hydrogen-bond donors (Lipinski definition) is 1. The van der Waals surface area contributed by atoms with E-state index in [1.54, 1.807) is 0 Å². The van der Waals surface area contributed by atoms with Gasteiger partial charge in [-0.25, -0.2) is 9.98 Å². The van der Waals surface area contributed by atoms with Crippen LogP contribution in [0.25, 0.3) is 43.5 Å². The second kappa shape index (κ2) is 12.4. The molecule has 52 heavy (non-hydrogen) atoms. The highest BCUT2D eigenvalue weighted by molar-refractivity contribution is 6.22. The van der Waals surface area contributed by atoms with E-state index in [1.165, 1.54) is 21.5 Å². The molecule has 8 aromatic carbocycles. The minimum absolute atomic E-state index is 0.324. The van der Waals surface area contributed by atoms with Crippen LogP contribution in [0.1, 0.15) is 22.9 Å². The zero-order valence-corrected chi connectivity index (χ0v) is 28.1. The minimum Gasteiger partial charge on any atom is -0.455 e. The average molecular weight is 669 g/mol. The molecule has 5 heteroatoms. The predicted molar refractivity (Wildman–Crippen MR) is 215 cm³/mol. The summed E-state index contributed by atoms with van der Waals surface area (Å²) >= 11 is 0. The zero-order valence-electron chi connectivity index (χ0n) is 28.1. The van der Waals surface area contributed by atoms with Crippen LogP contribution in [0, 0.1) is 0 Å². The van der Waals surface area contributed by atoms with E-state index < -0.39 is 0 Å². The third-order valence-corrected chi connectivity index (χ3v) is 9.87. The SMILES string of the molecule is c1ccc(C2=NC(c3ccc(N(c4ccc5ccccc5c4)c4ccc5ccccc5c4)c4c3oc3ccccc34)=NC(c3ccccc3)N2)cc1. The van der Waals surface area contributed by atoms with Gasteiger partial charge in [0.2, 0.25) is 0 Å². The Bertz CT molecular complexity index is 2760. The monoisotopic (exact) mass is 668 g/mol. The second-order valence-electron chi connectivity index (χ2n) is 13.1. The Hall–Kier alpha value is -6.98. The fourth-order valence-corrected chi connectivity index (χ4v) is 7.35. The number of nitrogens with zero attached hydrogens (tertiary/aromatic N) is 3. The molecule has 5 nitrogen and oxygen atoms in total. The molecule has 1 unspecified atom stereocenters. The molecule has 1 N–H and O–H groups in total. The average Bonchev–Trinajstić information content (AvgIpc) is 3.61. The Balaban J connectivity index is 1.23. The van der Waals surface area contributed by atoms with Crippen LogP contribution in [-0.4, -0.2) is 11.7 Å². The van der Waals surface area contributed by atoms with E-state index in [2.05, 4.69) is 144 Å². The molecule has 0 aliphatic carbocycles. The van der Waals surface area contributed by atoms with E-state index in [-0.39, 0.29) is 6.17 Å². The summed E-state index contributed by atoms with van der Waals surface area (Å²) in [6.07, 6.45) is -0.324. The Morgan fingerprint density at radius 1 is 0.538 bits per heavy atom. The van der Waals surface area contributed by atoms with Crippen molar-refractivity contribution in [3.05, 3.63) is 199 Å². The molecule has 0 fully saturated rings. The first kappa shape index (κ1) is 29.9. The number of nitrogens with one attached hydrogen (secondary N) is 1. The fourth-order valence-electron chi connectivity index (χ4n) is 7.35. The number of anilines is 3.